The molecule has 1 N–H and O–H groups in total. The Balaban J connectivity index is 1.45. The number of likely N-dealkylation sites (tertiary alicyclic amines) is 1. The number of piperidine rings is 1. The fourth-order valence-electron chi connectivity index (χ4n) is 4.19. The molecule has 2 fully saturated rings. The molecule has 0 radical (unpaired) electrons. The van der Waals surface area contributed by atoms with E-state index in [0.29, 0.717) is 32.5 Å². The summed E-state index contributed by atoms with van der Waals surface area (Å²) in [6.45, 7) is 5.25. The molecule has 0 bridgehead atoms. The molecule has 7 heteroatoms. The highest BCUT2D eigenvalue weighted by Gasteiger charge is 2.35. The van der Waals surface area contributed by atoms with Gasteiger partial charge in [0.2, 0.25) is 11.8 Å². The Morgan fingerprint density at radius 2 is 1.61 bits per heavy atom. The van der Waals surface area contributed by atoms with Crippen molar-refractivity contribution < 1.29 is 19.5 Å². The van der Waals surface area contributed by atoms with Crippen LogP contribution in [0.25, 0.3) is 0 Å². The lowest BCUT2D eigenvalue weighted by molar-refractivity contribution is -0.149. The first-order valence-electron chi connectivity index (χ1n) is 10.1. The number of carboxylic acid groups (broad SMARTS) is 1. The van der Waals surface area contributed by atoms with E-state index in [1.807, 2.05) is 23.1 Å². The van der Waals surface area contributed by atoms with E-state index in [0.717, 1.165) is 18.8 Å². The lowest BCUT2D eigenvalue weighted by atomic mass is 9.90. The largest absolute Gasteiger partial charge is 0.481 e. The zero-order chi connectivity index (χ0) is 20.1. The fourth-order valence-corrected chi connectivity index (χ4v) is 4.19. The van der Waals surface area contributed by atoms with Crippen molar-refractivity contribution in [1.29, 1.82) is 0 Å². The number of anilines is 1. The second-order valence-corrected chi connectivity index (χ2v) is 7.62. The Kier molecular flexibility index (Phi) is 6.54. The van der Waals surface area contributed by atoms with E-state index in [1.165, 1.54) is 0 Å². The first kappa shape index (κ1) is 20.2. The molecule has 1 aromatic rings. The summed E-state index contributed by atoms with van der Waals surface area (Å²) < 4.78 is 0. The van der Waals surface area contributed by atoms with Gasteiger partial charge in [-0.05, 0) is 31.9 Å². The summed E-state index contributed by atoms with van der Waals surface area (Å²) in [4.78, 5) is 42.1. The molecular formula is C21H29N3O4. The Bertz CT molecular complexity index is 701. The number of hydrogen-bond donors (Lipinski definition) is 1. The third-order valence-corrected chi connectivity index (χ3v) is 5.93. The lowest BCUT2D eigenvalue weighted by Gasteiger charge is -2.38. The van der Waals surface area contributed by atoms with E-state index in [9.17, 15) is 19.5 Å². The Labute approximate surface area is 165 Å². The maximum Gasteiger partial charge on any atom is 0.308 e. The topological polar surface area (TPSA) is 81.2 Å². The third kappa shape index (κ3) is 4.64. The predicted molar refractivity (Wildman–Crippen MR) is 106 cm³/mol. The summed E-state index contributed by atoms with van der Waals surface area (Å²) in [6, 6.07) is 9.83. The molecule has 0 aromatic heterocycles. The van der Waals surface area contributed by atoms with Crippen molar-refractivity contribution in [2.75, 3.05) is 37.6 Å². The molecular weight excluding hydrogens is 358 g/mol. The average molecular weight is 387 g/mol. The summed E-state index contributed by atoms with van der Waals surface area (Å²) in [5.41, 5.74) is 1.16. The molecule has 2 aliphatic rings. The molecule has 7 nitrogen and oxygen atoms in total. The predicted octanol–water partition coefficient (Wildman–Crippen LogP) is 1.83. The smallest absolute Gasteiger partial charge is 0.308 e. The van der Waals surface area contributed by atoms with Crippen LogP contribution in [0.15, 0.2) is 30.3 Å². The molecule has 2 atom stereocenters. The summed E-state index contributed by atoms with van der Waals surface area (Å²) in [5, 5.41) is 9.30. The first-order valence-corrected chi connectivity index (χ1v) is 10.1. The number of aliphatic carboxylic acids is 1. The molecule has 0 aliphatic carbocycles. The van der Waals surface area contributed by atoms with Gasteiger partial charge in [0.1, 0.15) is 0 Å². The second-order valence-electron chi connectivity index (χ2n) is 7.62. The van der Waals surface area contributed by atoms with Gasteiger partial charge in [0.05, 0.1) is 5.92 Å². The zero-order valence-electron chi connectivity index (χ0n) is 16.4. The Hall–Kier alpha value is -2.57. The number of para-hydroxylation sites is 1. The van der Waals surface area contributed by atoms with Crippen molar-refractivity contribution in [2.45, 2.75) is 38.6 Å². The van der Waals surface area contributed by atoms with Crippen LogP contribution >= 0.6 is 0 Å². The maximum absolute atomic E-state index is 12.6. The quantitative estimate of drug-likeness (QED) is 0.834. The normalized spacial score (nSPS) is 22.8. The Morgan fingerprint density at radius 3 is 2.25 bits per heavy atom. The molecule has 2 heterocycles. The van der Waals surface area contributed by atoms with Crippen molar-refractivity contribution in [3.8, 4) is 0 Å². The van der Waals surface area contributed by atoms with Gasteiger partial charge in [-0.25, -0.2) is 0 Å². The van der Waals surface area contributed by atoms with Gasteiger partial charge in [0.15, 0.2) is 0 Å². The molecule has 2 amide bonds. The number of carbonyl (C=O) groups is 3. The summed E-state index contributed by atoms with van der Waals surface area (Å²) in [6.07, 6.45) is 1.63. The number of hydrogen-bond acceptors (Lipinski definition) is 4. The second kappa shape index (κ2) is 9.08. The average Bonchev–Trinajstić information content (AvgIpc) is 2.72. The van der Waals surface area contributed by atoms with E-state index in [2.05, 4.69) is 17.0 Å². The van der Waals surface area contributed by atoms with Gasteiger partial charge in [-0.15, -0.1) is 0 Å². The van der Waals surface area contributed by atoms with Crippen molar-refractivity contribution in [2.24, 2.45) is 5.92 Å². The number of rotatable bonds is 5. The lowest BCUT2D eigenvalue weighted by Crippen LogP contribution is -2.50. The number of carboxylic acids is 1. The van der Waals surface area contributed by atoms with E-state index in [-0.39, 0.29) is 30.7 Å². The molecule has 0 unspecified atom stereocenters. The van der Waals surface area contributed by atoms with Gasteiger partial charge in [-0.3, -0.25) is 14.4 Å². The van der Waals surface area contributed by atoms with Crippen LogP contribution < -0.4 is 4.90 Å². The van der Waals surface area contributed by atoms with Gasteiger partial charge in [0.25, 0.3) is 0 Å². The molecule has 28 heavy (non-hydrogen) atoms. The van der Waals surface area contributed by atoms with Gasteiger partial charge in [-0.2, -0.15) is 0 Å². The number of piperazine rings is 1. The van der Waals surface area contributed by atoms with Crippen molar-refractivity contribution in [3.05, 3.63) is 30.3 Å². The van der Waals surface area contributed by atoms with Crippen molar-refractivity contribution in [3.63, 3.8) is 0 Å². The molecule has 2 aliphatic heterocycles. The van der Waals surface area contributed by atoms with Crippen LogP contribution in [0.5, 0.6) is 0 Å². The SMILES string of the molecule is C[C@@H]1[C@H](C(=O)O)CCCN1C(=O)CCC(=O)N1CCN(c2ccccc2)CC1. The van der Waals surface area contributed by atoms with Crippen LogP contribution in [0.4, 0.5) is 5.69 Å². The van der Waals surface area contributed by atoms with Crippen molar-refractivity contribution in [1.82, 2.24) is 9.80 Å². The van der Waals surface area contributed by atoms with E-state index in [4.69, 9.17) is 0 Å². The van der Waals surface area contributed by atoms with Gasteiger partial charge >= 0.3 is 5.97 Å². The summed E-state index contributed by atoms with van der Waals surface area (Å²) in [7, 11) is 0. The number of nitrogens with zero attached hydrogens (tertiary/aromatic N) is 3. The van der Waals surface area contributed by atoms with Gasteiger partial charge < -0.3 is 19.8 Å². The third-order valence-electron chi connectivity index (χ3n) is 5.93. The van der Waals surface area contributed by atoms with Gasteiger partial charge in [-0.1, -0.05) is 18.2 Å². The van der Waals surface area contributed by atoms with Crippen molar-refractivity contribution >= 4 is 23.5 Å². The van der Waals surface area contributed by atoms with Crippen LogP contribution in [-0.4, -0.2) is 71.5 Å². The molecule has 0 saturated carbocycles. The highest BCUT2D eigenvalue weighted by molar-refractivity contribution is 5.84. The minimum absolute atomic E-state index is 0.000471. The number of carbonyl (C=O) groups excluding carboxylic acids is 2. The van der Waals surface area contributed by atoms with Crippen LogP contribution in [0.1, 0.15) is 32.6 Å². The number of amides is 2. The molecule has 152 valence electrons. The maximum atomic E-state index is 12.6. The van der Waals surface area contributed by atoms with Crippen LogP contribution in [0.3, 0.4) is 0 Å². The fraction of sp³-hybridized carbons (Fsp3) is 0.571. The van der Waals surface area contributed by atoms with Crippen LogP contribution in [0.2, 0.25) is 0 Å². The molecule has 1 aromatic carbocycles. The van der Waals surface area contributed by atoms with Crippen LogP contribution in [0, 0.1) is 5.92 Å². The Morgan fingerprint density at radius 1 is 0.964 bits per heavy atom. The van der Waals surface area contributed by atoms with E-state index < -0.39 is 11.9 Å². The minimum atomic E-state index is -0.850. The number of benzene rings is 1. The highest BCUT2D eigenvalue weighted by Crippen LogP contribution is 2.25. The first-order chi connectivity index (χ1) is 13.5. The standard InChI is InChI=1S/C21H29N3O4/c1-16-18(21(27)28)8-5-11-24(16)20(26)10-9-19(25)23-14-12-22(13-15-23)17-6-3-2-4-7-17/h2-4,6-7,16,18H,5,8-15H2,1H3,(H,27,28)/t16-,18-/m1/s1. The minimum Gasteiger partial charge on any atom is -0.481 e. The molecule has 2 saturated heterocycles. The van der Waals surface area contributed by atoms with Crippen LogP contribution in [-0.2, 0) is 14.4 Å². The summed E-state index contributed by atoms with van der Waals surface area (Å²) >= 11 is 0. The van der Waals surface area contributed by atoms with Gasteiger partial charge in [0, 0.05) is 57.3 Å². The monoisotopic (exact) mass is 387 g/mol. The summed E-state index contributed by atoms with van der Waals surface area (Å²) in [5.74, 6) is -1.48. The zero-order valence-corrected chi connectivity index (χ0v) is 16.4. The highest BCUT2D eigenvalue weighted by atomic mass is 16.4. The van der Waals surface area contributed by atoms with E-state index in [1.54, 1.807) is 11.8 Å². The molecule has 3 rings (SSSR count). The van der Waals surface area contributed by atoms with E-state index >= 15 is 0 Å². The molecule has 0 spiro atoms.